The first-order chi connectivity index (χ1) is 23.1. The maximum atomic E-state index is 10.2. The van der Waals surface area contributed by atoms with Crippen molar-refractivity contribution in [2.45, 2.75) is 0 Å². The highest BCUT2D eigenvalue weighted by Gasteiger charge is 2.22. The van der Waals surface area contributed by atoms with Crippen molar-refractivity contribution in [1.82, 2.24) is 24.1 Å². The van der Waals surface area contributed by atoms with Crippen molar-refractivity contribution in [3.05, 3.63) is 146 Å². The molecule has 0 bridgehead atoms. The zero-order valence-corrected chi connectivity index (χ0v) is 25.1. The Hall–Kier alpha value is -6.09. The molecule has 8 heteroatoms. The van der Waals surface area contributed by atoms with Crippen LogP contribution in [0.15, 0.2) is 146 Å². The third kappa shape index (κ3) is 4.42. The molecule has 6 aromatic carbocycles. The van der Waals surface area contributed by atoms with Gasteiger partial charge in [-0.2, -0.15) is 9.97 Å². The molecule has 0 atom stereocenters. The molecule has 0 fully saturated rings. The van der Waals surface area contributed by atoms with Crippen LogP contribution < -0.4 is 5.46 Å². The highest BCUT2D eigenvalue weighted by molar-refractivity contribution is 6.59. The molecule has 0 aliphatic heterocycles. The van der Waals surface area contributed by atoms with Crippen molar-refractivity contribution in [2.75, 3.05) is 0 Å². The summed E-state index contributed by atoms with van der Waals surface area (Å²) in [6.45, 7) is 0. The van der Waals surface area contributed by atoms with Gasteiger partial charge in [0, 0.05) is 38.4 Å². The van der Waals surface area contributed by atoms with E-state index < -0.39 is 7.12 Å². The standard InChI is InChI=1S/C39H26BN5O2/c46-40(47)27-20-21-34-30(22-27)32-24-35-31(29-18-10-11-19-33(29)44(35)28-16-8-3-9-17-28)23-36(32)45(34)39-42-37(25-12-4-1-5-13-25)41-38(43-39)26-14-6-2-7-15-26/h1-24,46-47H. The zero-order chi connectivity index (χ0) is 31.5. The monoisotopic (exact) mass is 607 g/mol. The van der Waals surface area contributed by atoms with Crippen molar-refractivity contribution >= 4 is 56.2 Å². The molecular formula is C39H26BN5O2. The summed E-state index contributed by atoms with van der Waals surface area (Å²) in [5.74, 6) is 1.60. The lowest BCUT2D eigenvalue weighted by molar-refractivity contribution is 0.426. The van der Waals surface area contributed by atoms with E-state index in [-0.39, 0.29) is 0 Å². The molecule has 0 spiro atoms. The Labute approximate surface area is 269 Å². The summed E-state index contributed by atoms with van der Waals surface area (Å²) in [4.78, 5) is 15.0. The van der Waals surface area contributed by atoms with Crippen LogP contribution in [0, 0.1) is 0 Å². The molecule has 2 N–H and O–H groups in total. The normalized spacial score (nSPS) is 11.6. The minimum absolute atomic E-state index is 0.408. The van der Waals surface area contributed by atoms with E-state index in [4.69, 9.17) is 15.0 Å². The number of para-hydroxylation sites is 2. The van der Waals surface area contributed by atoms with Gasteiger partial charge in [-0.25, -0.2) is 4.98 Å². The van der Waals surface area contributed by atoms with Crippen LogP contribution in [0.4, 0.5) is 0 Å². The second-order valence-electron chi connectivity index (χ2n) is 11.6. The third-order valence-corrected chi connectivity index (χ3v) is 8.78. The second kappa shape index (κ2) is 10.8. The fourth-order valence-electron chi connectivity index (χ4n) is 6.63. The lowest BCUT2D eigenvalue weighted by Gasteiger charge is -2.11. The Morgan fingerprint density at radius 3 is 1.57 bits per heavy atom. The van der Waals surface area contributed by atoms with E-state index in [1.807, 2.05) is 91.0 Å². The molecule has 3 heterocycles. The predicted octanol–water partition coefficient (Wildman–Crippen LogP) is 7.08. The number of nitrogens with zero attached hydrogens (tertiary/aromatic N) is 5. The first-order valence-corrected chi connectivity index (χ1v) is 15.4. The van der Waals surface area contributed by atoms with E-state index >= 15 is 0 Å². The van der Waals surface area contributed by atoms with Gasteiger partial charge in [0.2, 0.25) is 5.95 Å². The average Bonchev–Trinajstić information content (AvgIpc) is 3.63. The van der Waals surface area contributed by atoms with E-state index in [2.05, 4.69) is 57.7 Å². The second-order valence-corrected chi connectivity index (χ2v) is 11.6. The highest BCUT2D eigenvalue weighted by Crippen LogP contribution is 2.39. The molecule has 0 amide bonds. The molecule has 0 aliphatic carbocycles. The fraction of sp³-hybridized carbons (Fsp3) is 0. The van der Waals surface area contributed by atoms with Crippen molar-refractivity contribution in [3.63, 3.8) is 0 Å². The number of fused-ring (bicyclic) bond motifs is 6. The summed E-state index contributed by atoms with van der Waals surface area (Å²) in [6, 6.07) is 48.5. The van der Waals surface area contributed by atoms with Gasteiger partial charge in [0.25, 0.3) is 0 Å². The molecule has 0 saturated heterocycles. The summed E-state index contributed by atoms with van der Waals surface area (Å²) in [7, 11) is -1.61. The van der Waals surface area contributed by atoms with Crippen LogP contribution in [0.5, 0.6) is 0 Å². The van der Waals surface area contributed by atoms with Crippen LogP contribution in [0.3, 0.4) is 0 Å². The van der Waals surface area contributed by atoms with Crippen molar-refractivity contribution < 1.29 is 10.0 Å². The van der Waals surface area contributed by atoms with E-state index in [0.29, 0.717) is 23.1 Å². The maximum Gasteiger partial charge on any atom is 0.488 e. The Balaban J connectivity index is 1.42. The lowest BCUT2D eigenvalue weighted by atomic mass is 9.80. The average molecular weight is 607 g/mol. The molecule has 0 saturated carbocycles. The van der Waals surface area contributed by atoms with Gasteiger partial charge in [0.05, 0.1) is 22.1 Å². The molecule has 9 rings (SSSR count). The Kier molecular flexibility index (Phi) is 6.24. The van der Waals surface area contributed by atoms with Gasteiger partial charge in [0.15, 0.2) is 11.6 Å². The topological polar surface area (TPSA) is 89.0 Å². The zero-order valence-electron chi connectivity index (χ0n) is 25.1. The molecule has 3 aromatic heterocycles. The molecular weight excluding hydrogens is 581 g/mol. The maximum absolute atomic E-state index is 10.2. The Morgan fingerprint density at radius 1 is 0.426 bits per heavy atom. The predicted molar refractivity (Wildman–Crippen MR) is 189 cm³/mol. The number of benzene rings is 6. The SMILES string of the molecule is OB(O)c1ccc2c(c1)c1cc3c(cc1n2-c1nc(-c2ccccc2)nc(-c2ccccc2)n1)c1ccccc1n3-c1ccccc1. The Morgan fingerprint density at radius 2 is 0.936 bits per heavy atom. The third-order valence-electron chi connectivity index (χ3n) is 8.78. The van der Waals surface area contributed by atoms with Crippen LogP contribution in [-0.2, 0) is 0 Å². The molecule has 47 heavy (non-hydrogen) atoms. The summed E-state index contributed by atoms with van der Waals surface area (Å²) >= 11 is 0. The van der Waals surface area contributed by atoms with E-state index in [9.17, 15) is 10.0 Å². The van der Waals surface area contributed by atoms with Crippen molar-refractivity contribution in [1.29, 1.82) is 0 Å². The largest absolute Gasteiger partial charge is 0.488 e. The summed E-state index contributed by atoms with van der Waals surface area (Å²) < 4.78 is 4.34. The minimum Gasteiger partial charge on any atom is -0.423 e. The van der Waals surface area contributed by atoms with Gasteiger partial charge in [-0.15, -0.1) is 0 Å². The van der Waals surface area contributed by atoms with Crippen LogP contribution in [0.2, 0.25) is 0 Å². The summed E-state index contributed by atoms with van der Waals surface area (Å²) in [6.07, 6.45) is 0. The molecule has 7 nitrogen and oxygen atoms in total. The van der Waals surface area contributed by atoms with Crippen molar-refractivity contribution in [3.8, 4) is 34.4 Å². The minimum atomic E-state index is -1.61. The van der Waals surface area contributed by atoms with Crippen LogP contribution in [0.1, 0.15) is 0 Å². The van der Waals surface area contributed by atoms with Gasteiger partial charge in [-0.05, 0) is 41.9 Å². The molecule has 0 aliphatic rings. The van der Waals surface area contributed by atoms with Crippen LogP contribution in [-0.4, -0.2) is 41.3 Å². The van der Waals surface area contributed by atoms with Crippen LogP contribution in [0.25, 0.3) is 78.0 Å². The number of aromatic nitrogens is 5. The highest BCUT2D eigenvalue weighted by atomic mass is 16.4. The summed E-state index contributed by atoms with van der Waals surface area (Å²) in [5.41, 5.74) is 7.12. The number of rotatable bonds is 5. The van der Waals surface area contributed by atoms with E-state index in [0.717, 1.165) is 60.4 Å². The van der Waals surface area contributed by atoms with Gasteiger partial charge in [0.1, 0.15) is 0 Å². The van der Waals surface area contributed by atoms with Crippen LogP contribution >= 0.6 is 0 Å². The molecule has 0 unspecified atom stereocenters. The van der Waals surface area contributed by atoms with Gasteiger partial charge in [-0.3, -0.25) is 4.57 Å². The Bertz CT molecular complexity index is 2540. The van der Waals surface area contributed by atoms with Gasteiger partial charge >= 0.3 is 7.12 Å². The molecule has 0 radical (unpaired) electrons. The smallest absolute Gasteiger partial charge is 0.423 e. The van der Waals surface area contributed by atoms with E-state index in [1.165, 1.54) is 0 Å². The number of hydrogen-bond acceptors (Lipinski definition) is 5. The first-order valence-electron chi connectivity index (χ1n) is 15.4. The fourth-order valence-corrected chi connectivity index (χ4v) is 6.63. The lowest BCUT2D eigenvalue weighted by Crippen LogP contribution is -2.29. The number of hydrogen-bond donors (Lipinski definition) is 2. The first kappa shape index (κ1) is 27.2. The molecule has 222 valence electrons. The van der Waals surface area contributed by atoms with Gasteiger partial charge in [-0.1, -0.05) is 109 Å². The molecule has 9 aromatic rings. The van der Waals surface area contributed by atoms with Crippen molar-refractivity contribution in [2.24, 2.45) is 0 Å². The van der Waals surface area contributed by atoms with Gasteiger partial charge < -0.3 is 14.6 Å². The quantitative estimate of drug-likeness (QED) is 0.204. The van der Waals surface area contributed by atoms with E-state index in [1.54, 1.807) is 6.07 Å². The summed E-state index contributed by atoms with van der Waals surface area (Å²) in [5, 5.41) is 24.4.